The highest BCUT2D eigenvalue weighted by atomic mass is 35.5. The number of hydrogen-bond donors (Lipinski definition) is 1. The van der Waals surface area contributed by atoms with Crippen LogP contribution in [0.4, 0.5) is 14.5 Å². The summed E-state index contributed by atoms with van der Waals surface area (Å²) in [6.07, 6.45) is -0.162. The van der Waals surface area contributed by atoms with E-state index < -0.39 is 29.0 Å². The highest BCUT2D eigenvalue weighted by molar-refractivity contribution is 6.31. The zero-order valence-electron chi connectivity index (χ0n) is 12.2. The standard InChI is InChI=1S/C16H11ClF2N2O3/c17-9-4-5-12-13(8-9)24-16(23)21(12)7-6-14(22)20-15-10(18)2-1-3-11(15)19/h1-5,8H,6-7H2,(H,20,22). The van der Waals surface area contributed by atoms with Crippen molar-refractivity contribution < 1.29 is 18.0 Å². The van der Waals surface area contributed by atoms with Gasteiger partial charge in [-0.1, -0.05) is 17.7 Å². The molecular formula is C16H11ClF2N2O3. The summed E-state index contributed by atoms with van der Waals surface area (Å²) in [6.45, 7) is -0.00459. The molecule has 0 aliphatic rings. The lowest BCUT2D eigenvalue weighted by Gasteiger charge is -2.07. The molecule has 1 aromatic heterocycles. The molecule has 0 unspecified atom stereocenters. The highest BCUT2D eigenvalue weighted by Gasteiger charge is 2.14. The molecule has 1 N–H and O–H groups in total. The zero-order chi connectivity index (χ0) is 17.3. The molecular weight excluding hydrogens is 342 g/mol. The van der Waals surface area contributed by atoms with Crippen molar-refractivity contribution in [1.29, 1.82) is 0 Å². The van der Waals surface area contributed by atoms with Gasteiger partial charge in [0.05, 0.1) is 5.52 Å². The number of fused-ring (bicyclic) bond motifs is 1. The Morgan fingerprint density at radius 1 is 1.21 bits per heavy atom. The van der Waals surface area contributed by atoms with Gasteiger partial charge in [0.25, 0.3) is 0 Å². The van der Waals surface area contributed by atoms with Crippen LogP contribution in [-0.4, -0.2) is 10.5 Å². The number of carbonyl (C=O) groups is 1. The van der Waals surface area contributed by atoms with Crippen molar-refractivity contribution in [3.8, 4) is 0 Å². The van der Waals surface area contributed by atoms with Gasteiger partial charge in [-0.25, -0.2) is 13.6 Å². The minimum absolute atomic E-state index is 0.00459. The molecule has 2 aromatic carbocycles. The van der Waals surface area contributed by atoms with Crippen LogP contribution in [0.15, 0.2) is 45.6 Å². The van der Waals surface area contributed by atoms with E-state index in [1.165, 1.54) is 16.7 Å². The second-order valence-electron chi connectivity index (χ2n) is 5.03. The maximum absolute atomic E-state index is 13.5. The molecule has 0 bridgehead atoms. The Morgan fingerprint density at radius 3 is 2.62 bits per heavy atom. The fourth-order valence-corrected chi connectivity index (χ4v) is 2.45. The average Bonchev–Trinajstić information content (AvgIpc) is 2.83. The van der Waals surface area contributed by atoms with Gasteiger partial charge in [0.15, 0.2) is 5.58 Å². The molecule has 1 amide bonds. The van der Waals surface area contributed by atoms with Crippen molar-refractivity contribution in [2.45, 2.75) is 13.0 Å². The molecule has 3 rings (SSSR count). The highest BCUT2D eigenvalue weighted by Crippen LogP contribution is 2.20. The predicted octanol–water partition coefficient (Wildman–Crippen LogP) is 3.55. The van der Waals surface area contributed by atoms with E-state index in [9.17, 15) is 18.4 Å². The van der Waals surface area contributed by atoms with Gasteiger partial charge < -0.3 is 9.73 Å². The summed E-state index contributed by atoms with van der Waals surface area (Å²) >= 11 is 5.82. The van der Waals surface area contributed by atoms with Crippen LogP contribution in [-0.2, 0) is 11.3 Å². The van der Waals surface area contributed by atoms with Gasteiger partial charge in [-0.2, -0.15) is 0 Å². The maximum Gasteiger partial charge on any atom is 0.419 e. The Balaban J connectivity index is 1.75. The summed E-state index contributed by atoms with van der Waals surface area (Å²) in [4.78, 5) is 23.7. The summed E-state index contributed by atoms with van der Waals surface area (Å²) in [5.41, 5.74) is 0.265. The van der Waals surface area contributed by atoms with Crippen LogP contribution >= 0.6 is 11.6 Å². The Hall–Kier alpha value is -2.67. The zero-order valence-corrected chi connectivity index (χ0v) is 12.9. The summed E-state index contributed by atoms with van der Waals surface area (Å²) in [7, 11) is 0. The first-order valence-electron chi connectivity index (χ1n) is 6.98. The summed E-state index contributed by atoms with van der Waals surface area (Å²) < 4.78 is 33.3. The lowest BCUT2D eigenvalue weighted by molar-refractivity contribution is -0.116. The molecule has 8 heteroatoms. The molecule has 0 fully saturated rings. The number of oxazole rings is 1. The largest absolute Gasteiger partial charge is 0.419 e. The topological polar surface area (TPSA) is 64.2 Å². The lowest BCUT2D eigenvalue weighted by atomic mass is 10.2. The van der Waals surface area contributed by atoms with E-state index in [0.29, 0.717) is 16.1 Å². The molecule has 0 aliphatic heterocycles. The van der Waals surface area contributed by atoms with Crippen molar-refractivity contribution >= 4 is 34.3 Å². The van der Waals surface area contributed by atoms with E-state index >= 15 is 0 Å². The molecule has 0 saturated heterocycles. The van der Waals surface area contributed by atoms with E-state index in [4.69, 9.17) is 16.0 Å². The number of hydrogen-bond acceptors (Lipinski definition) is 3. The smallest absolute Gasteiger partial charge is 0.408 e. The van der Waals surface area contributed by atoms with Crippen LogP contribution in [0.1, 0.15) is 6.42 Å². The number of aromatic nitrogens is 1. The number of para-hydroxylation sites is 1. The molecule has 0 aliphatic carbocycles. The molecule has 3 aromatic rings. The number of rotatable bonds is 4. The first-order valence-corrected chi connectivity index (χ1v) is 7.36. The van der Waals surface area contributed by atoms with Gasteiger partial charge in [0.1, 0.15) is 17.3 Å². The summed E-state index contributed by atoms with van der Waals surface area (Å²) in [5, 5.41) is 2.57. The van der Waals surface area contributed by atoms with Crippen molar-refractivity contribution in [3.05, 3.63) is 63.6 Å². The van der Waals surface area contributed by atoms with E-state index in [0.717, 1.165) is 12.1 Å². The van der Waals surface area contributed by atoms with Gasteiger partial charge in [-0.05, 0) is 24.3 Å². The second-order valence-corrected chi connectivity index (χ2v) is 5.46. The first kappa shape index (κ1) is 16.2. The van der Waals surface area contributed by atoms with Crippen LogP contribution in [0.5, 0.6) is 0 Å². The maximum atomic E-state index is 13.5. The van der Waals surface area contributed by atoms with Gasteiger partial charge in [-0.15, -0.1) is 0 Å². The number of benzene rings is 2. The van der Waals surface area contributed by atoms with Crippen LogP contribution in [0.25, 0.3) is 11.1 Å². The van der Waals surface area contributed by atoms with E-state index in [2.05, 4.69) is 5.32 Å². The normalized spacial score (nSPS) is 11.0. The van der Waals surface area contributed by atoms with E-state index in [1.807, 2.05) is 0 Å². The molecule has 124 valence electrons. The molecule has 0 spiro atoms. The summed E-state index contributed by atoms with van der Waals surface area (Å²) in [6, 6.07) is 7.94. The Bertz CT molecular complexity index is 961. The quantitative estimate of drug-likeness (QED) is 0.781. The molecule has 0 radical (unpaired) electrons. The predicted molar refractivity (Wildman–Crippen MR) is 85.1 cm³/mol. The monoisotopic (exact) mass is 352 g/mol. The molecule has 24 heavy (non-hydrogen) atoms. The first-order chi connectivity index (χ1) is 11.5. The third kappa shape index (κ3) is 3.16. The molecule has 0 saturated carbocycles. The Kier molecular flexibility index (Phi) is 4.35. The van der Waals surface area contributed by atoms with Gasteiger partial charge in [0.2, 0.25) is 5.91 Å². The number of halogens is 3. The molecule has 5 nitrogen and oxygen atoms in total. The number of nitrogens with zero attached hydrogens (tertiary/aromatic N) is 1. The third-order valence-electron chi connectivity index (χ3n) is 3.42. The minimum atomic E-state index is -0.871. The second kappa shape index (κ2) is 6.45. The van der Waals surface area contributed by atoms with Crippen LogP contribution in [0.2, 0.25) is 5.02 Å². The van der Waals surface area contributed by atoms with Crippen molar-refractivity contribution in [2.24, 2.45) is 0 Å². The Morgan fingerprint density at radius 2 is 1.92 bits per heavy atom. The van der Waals surface area contributed by atoms with Crippen LogP contribution in [0, 0.1) is 11.6 Å². The van der Waals surface area contributed by atoms with E-state index in [-0.39, 0.29) is 13.0 Å². The van der Waals surface area contributed by atoms with Crippen LogP contribution < -0.4 is 11.1 Å². The van der Waals surface area contributed by atoms with Crippen molar-refractivity contribution in [3.63, 3.8) is 0 Å². The fraction of sp³-hybridized carbons (Fsp3) is 0.125. The van der Waals surface area contributed by atoms with Gasteiger partial charge in [0, 0.05) is 24.1 Å². The third-order valence-corrected chi connectivity index (χ3v) is 3.66. The fourth-order valence-electron chi connectivity index (χ4n) is 2.28. The summed E-state index contributed by atoms with van der Waals surface area (Å²) in [5.74, 6) is -3.01. The molecule has 0 atom stereocenters. The number of anilines is 1. The number of nitrogens with one attached hydrogen (secondary N) is 1. The van der Waals surface area contributed by atoms with Crippen molar-refractivity contribution in [1.82, 2.24) is 4.57 Å². The number of aryl methyl sites for hydroxylation is 1. The van der Waals surface area contributed by atoms with Crippen LogP contribution in [0.3, 0.4) is 0 Å². The number of carbonyl (C=O) groups excluding carboxylic acids is 1. The SMILES string of the molecule is O=C(CCn1c(=O)oc2cc(Cl)ccc21)Nc1c(F)cccc1F. The van der Waals surface area contributed by atoms with Gasteiger partial charge in [-0.3, -0.25) is 9.36 Å². The average molecular weight is 353 g/mol. The van der Waals surface area contributed by atoms with Gasteiger partial charge >= 0.3 is 5.76 Å². The Labute approximate surface area is 139 Å². The van der Waals surface area contributed by atoms with Crippen molar-refractivity contribution in [2.75, 3.05) is 5.32 Å². The minimum Gasteiger partial charge on any atom is -0.408 e. The molecule has 1 heterocycles. The van der Waals surface area contributed by atoms with E-state index in [1.54, 1.807) is 12.1 Å². The number of amides is 1. The lowest BCUT2D eigenvalue weighted by Crippen LogP contribution is -2.20.